The Morgan fingerprint density at radius 3 is 2.27 bits per heavy atom. The number of hydrogen-bond donors (Lipinski definition) is 2. The lowest BCUT2D eigenvalue weighted by molar-refractivity contribution is 0.442. The van der Waals surface area contributed by atoms with Crippen LogP contribution in [0.4, 0.5) is 5.95 Å². The van der Waals surface area contributed by atoms with Crippen LogP contribution in [-0.2, 0) is 0 Å². The molecule has 15 heavy (non-hydrogen) atoms. The molecule has 1 aromatic heterocycles. The van der Waals surface area contributed by atoms with Crippen molar-refractivity contribution in [3.05, 3.63) is 17.4 Å². The van der Waals surface area contributed by atoms with Crippen molar-refractivity contribution in [3.8, 4) is 0 Å². The average Bonchev–Trinajstić information content (AvgIpc) is 2.29. The van der Waals surface area contributed by atoms with E-state index in [-0.39, 0.29) is 5.54 Å². The van der Waals surface area contributed by atoms with Gasteiger partial charge in [-0.3, -0.25) is 0 Å². The quantitative estimate of drug-likeness (QED) is 0.810. The van der Waals surface area contributed by atoms with E-state index in [2.05, 4.69) is 29.1 Å². The van der Waals surface area contributed by atoms with Crippen molar-refractivity contribution in [3.63, 3.8) is 0 Å². The average molecular weight is 229 g/mol. The highest BCUT2D eigenvalue weighted by Gasteiger charge is 2.24. The first-order chi connectivity index (χ1) is 7.15. The van der Waals surface area contributed by atoms with Crippen molar-refractivity contribution in [2.75, 3.05) is 11.9 Å². The number of halogens is 1. The van der Waals surface area contributed by atoms with E-state index >= 15 is 0 Å². The van der Waals surface area contributed by atoms with E-state index in [1.54, 1.807) is 12.4 Å². The number of rotatable bonds is 5. The minimum Gasteiger partial charge on any atom is -0.348 e. The Labute approximate surface area is 95.3 Å². The summed E-state index contributed by atoms with van der Waals surface area (Å²) in [6, 6.07) is 0. The second-order valence-corrected chi connectivity index (χ2v) is 3.98. The van der Waals surface area contributed by atoms with E-state index in [0.717, 1.165) is 12.8 Å². The summed E-state index contributed by atoms with van der Waals surface area (Å²) in [4.78, 5) is 8.19. The standard InChI is InChI=1S/C10H17ClN4/c1-3-10(4-2,7-12)15-9-13-5-8(11)6-14-9/h5-6H,3-4,7,12H2,1-2H3,(H,13,14,15). The Morgan fingerprint density at radius 2 is 1.87 bits per heavy atom. The van der Waals surface area contributed by atoms with Gasteiger partial charge in [-0.1, -0.05) is 25.4 Å². The summed E-state index contributed by atoms with van der Waals surface area (Å²) in [5, 5.41) is 3.80. The molecule has 5 heteroatoms. The summed E-state index contributed by atoms with van der Waals surface area (Å²) < 4.78 is 0. The summed E-state index contributed by atoms with van der Waals surface area (Å²) in [5.41, 5.74) is 5.65. The molecule has 1 aromatic rings. The molecule has 3 N–H and O–H groups in total. The summed E-state index contributed by atoms with van der Waals surface area (Å²) in [5.74, 6) is 0.577. The summed E-state index contributed by atoms with van der Waals surface area (Å²) in [7, 11) is 0. The van der Waals surface area contributed by atoms with Crippen molar-refractivity contribution >= 4 is 17.5 Å². The molecule has 0 aliphatic rings. The van der Waals surface area contributed by atoms with E-state index < -0.39 is 0 Å². The van der Waals surface area contributed by atoms with Crippen LogP contribution in [0, 0.1) is 0 Å². The molecule has 0 aliphatic carbocycles. The van der Waals surface area contributed by atoms with Crippen LogP contribution in [0.3, 0.4) is 0 Å². The van der Waals surface area contributed by atoms with Gasteiger partial charge in [-0.2, -0.15) is 0 Å². The van der Waals surface area contributed by atoms with Crippen LogP contribution in [0.5, 0.6) is 0 Å². The van der Waals surface area contributed by atoms with E-state index in [1.807, 2.05) is 0 Å². The van der Waals surface area contributed by atoms with Gasteiger partial charge in [0.25, 0.3) is 0 Å². The molecule has 0 bridgehead atoms. The van der Waals surface area contributed by atoms with Gasteiger partial charge >= 0.3 is 0 Å². The van der Waals surface area contributed by atoms with Gasteiger partial charge in [0.1, 0.15) is 0 Å². The lowest BCUT2D eigenvalue weighted by Gasteiger charge is -2.31. The van der Waals surface area contributed by atoms with E-state index in [9.17, 15) is 0 Å². The molecular formula is C10H17ClN4. The van der Waals surface area contributed by atoms with Crippen LogP contribution < -0.4 is 11.1 Å². The van der Waals surface area contributed by atoms with Crippen molar-refractivity contribution in [2.45, 2.75) is 32.2 Å². The first kappa shape index (κ1) is 12.2. The Kier molecular flexibility index (Phi) is 4.29. The van der Waals surface area contributed by atoms with E-state index in [4.69, 9.17) is 17.3 Å². The van der Waals surface area contributed by atoms with Gasteiger partial charge < -0.3 is 11.1 Å². The Bertz CT molecular complexity index is 287. The third-order valence-corrected chi connectivity index (χ3v) is 2.94. The molecule has 1 heterocycles. The van der Waals surface area contributed by atoms with Gasteiger partial charge in [0.05, 0.1) is 23.0 Å². The summed E-state index contributed by atoms with van der Waals surface area (Å²) in [6.07, 6.45) is 5.02. The number of aromatic nitrogens is 2. The molecule has 1 rings (SSSR count). The van der Waals surface area contributed by atoms with Gasteiger partial charge in [-0.25, -0.2) is 9.97 Å². The highest BCUT2D eigenvalue weighted by atomic mass is 35.5. The predicted octanol–water partition coefficient (Wildman–Crippen LogP) is 2.06. The van der Waals surface area contributed by atoms with Gasteiger partial charge in [0, 0.05) is 6.54 Å². The van der Waals surface area contributed by atoms with Gasteiger partial charge in [0.15, 0.2) is 0 Å². The van der Waals surface area contributed by atoms with Crippen molar-refractivity contribution in [1.82, 2.24) is 9.97 Å². The highest BCUT2D eigenvalue weighted by molar-refractivity contribution is 6.30. The van der Waals surface area contributed by atoms with Crippen LogP contribution in [0.2, 0.25) is 5.02 Å². The minimum atomic E-state index is -0.117. The third kappa shape index (κ3) is 3.04. The molecule has 4 nitrogen and oxygen atoms in total. The fourth-order valence-corrected chi connectivity index (χ4v) is 1.48. The largest absolute Gasteiger partial charge is 0.348 e. The second kappa shape index (κ2) is 5.28. The van der Waals surface area contributed by atoms with Crippen molar-refractivity contribution < 1.29 is 0 Å². The third-order valence-electron chi connectivity index (χ3n) is 2.74. The molecule has 0 aromatic carbocycles. The fourth-order valence-electron chi connectivity index (χ4n) is 1.38. The molecule has 84 valence electrons. The Morgan fingerprint density at radius 1 is 1.33 bits per heavy atom. The summed E-state index contributed by atoms with van der Waals surface area (Å²) >= 11 is 5.71. The number of anilines is 1. The molecule has 0 fully saturated rings. The first-order valence-corrected chi connectivity index (χ1v) is 5.49. The maximum Gasteiger partial charge on any atom is 0.223 e. The number of nitrogens with zero attached hydrogens (tertiary/aromatic N) is 2. The Balaban J connectivity index is 2.78. The zero-order chi connectivity index (χ0) is 11.3. The van der Waals surface area contributed by atoms with Crippen LogP contribution in [0.15, 0.2) is 12.4 Å². The lowest BCUT2D eigenvalue weighted by atomic mass is 9.93. The van der Waals surface area contributed by atoms with E-state index in [1.165, 1.54) is 0 Å². The molecule has 0 aliphatic heterocycles. The zero-order valence-electron chi connectivity index (χ0n) is 9.13. The zero-order valence-corrected chi connectivity index (χ0v) is 9.88. The number of nitrogens with one attached hydrogen (secondary N) is 1. The van der Waals surface area contributed by atoms with E-state index in [0.29, 0.717) is 17.5 Å². The first-order valence-electron chi connectivity index (χ1n) is 5.11. The molecular weight excluding hydrogens is 212 g/mol. The van der Waals surface area contributed by atoms with Gasteiger partial charge in [-0.05, 0) is 12.8 Å². The monoisotopic (exact) mass is 228 g/mol. The minimum absolute atomic E-state index is 0.117. The van der Waals surface area contributed by atoms with Crippen LogP contribution in [0.25, 0.3) is 0 Å². The highest BCUT2D eigenvalue weighted by Crippen LogP contribution is 2.18. The predicted molar refractivity (Wildman–Crippen MR) is 63.0 cm³/mol. The molecule has 0 saturated heterocycles. The second-order valence-electron chi connectivity index (χ2n) is 3.54. The number of hydrogen-bond acceptors (Lipinski definition) is 4. The molecule has 0 spiro atoms. The molecule has 0 amide bonds. The van der Waals surface area contributed by atoms with Crippen LogP contribution >= 0.6 is 11.6 Å². The maximum absolute atomic E-state index is 5.76. The van der Waals surface area contributed by atoms with Gasteiger partial charge in [0.2, 0.25) is 5.95 Å². The molecule has 0 radical (unpaired) electrons. The topological polar surface area (TPSA) is 63.8 Å². The summed E-state index contributed by atoms with van der Waals surface area (Å²) in [6.45, 7) is 4.75. The Hall–Kier alpha value is -0.870. The van der Waals surface area contributed by atoms with Crippen LogP contribution in [0.1, 0.15) is 26.7 Å². The number of nitrogens with two attached hydrogens (primary N) is 1. The molecule has 0 atom stereocenters. The lowest BCUT2D eigenvalue weighted by Crippen LogP contribution is -2.44. The van der Waals surface area contributed by atoms with Crippen molar-refractivity contribution in [2.24, 2.45) is 5.73 Å². The van der Waals surface area contributed by atoms with Gasteiger partial charge in [-0.15, -0.1) is 0 Å². The van der Waals surface area contributed by atoms with Crippen molar-refractivity contribution in [1.29, 1.82) is 0 Å². The smallest absolute Gasteiger partial charge is 0.223 e. The maximum atomic E-state index is 5.76. The fraction of sp³-hybridized carbons (Fsp3) is 0.600. The molecule has 0 unspecified atom stereocenters. The van der Waals surface area contributed by atoms with Crippen LogP contribution in [-0.4, -0.2) is 22.1 Å². The SMILES string of the molecule is CCC(CC)(CN)Nc1ncc(Cl)cn1. The normalized spacial score (nSPS) is 11.5. The molecule has 0 saturated carbocycles.